The maximum Gasteiger partial charge on any atom is 0.139 e. The van der Waals surface area contributed by atoms with E-state index in [9.17, 15) is 0 Å². The quantitative estimate of drug-likeness (QED) is 0.210. The van der Waals surface area contributed by atoms with Crippen molar-refractivity contribution in [2.75, 3.05) is 13.2 Å². The van der Waals surface area contributed by atoms with Crippen LogP contribution in [0.3, 0.4) is 0 Å². The summed E-state index contributed by atoms with van der Waals surface area (Å²) in [4.78, 5) is 4.52. The van der Waals surface area contributed by atoms with Gasteiger partial charge in [0, 0.05) is 11.6 Å². The lowest BCUT2D eigenvalue weighted by Gasteiger charge is -2.09. The average molecular weight is 446 g/mol. The lowest BCUT2D eigenvalue weighted by Crippen LogP contribution is -2.08. The van der Waals surface area contributed by atoms with Crippen LogP contribution in [0.1, 0.15) is 71.6 Å². The summed E-state index contributed by atoms with van der Waals surface area (Å²) >= 11 is 6.48. The van der Waals surface area contributed by atoms with Crippen molar-refractivity contribution < 1.29 is 14.2 Å². The minimum absolute atomic E-state index is 0.203. The predicted octanol–water partition coefficient (Wildman–Crippen LogP) is 7.48. The third-order valence-electron chi connectivity index (χ3n) is 5.65. The summed E-state index contributed by atoms with van der Waals surface area (Å²) in [6, 6.07) is 9.80. The SMILES string of the molecule is CCCCCCCCOc1ccc(-c2ncc(OC[C@@H]3O[C@H]3CCCC)cc2Cl)cc1. The molecule has 2 heterocycles. The Morgan fingerprint density at radius 1 is 0.871 bits per heavy atom. The van der Waals surface area contributed by atoms with E-state index in [0.29, 0.717) is 23.5 Å². The summed E-state index contributed by atoms with van der Waals surface area (Å²) in [5, 5.41) is 0.581. The third kappa shape index (κ3) is 8.01. The highest BCUT2D eigenvalue weighted by Gasteiger charge is 2.38. The maximum atomic E-state index is 6.48. The van der Waals surface area contributed by atoms with E-state index in [-0.39, 0.29) is 6.10 Å². The second kappa shape index (κ2) is 12.9. The zero-order valence-corrected chi connectivity index (χ0v) is 19.7. The molecule has 0 aliphatic carbocycles. The second-order valence-electron chi connectivity index (χ2n) is 8.31. The molecule has 0 radical (unpaired) electrons. The van der Waals surface area contributed by atoms with Crippen LogP contribution >= 0.6 is 11.6 Å². The summed E-state index contributed by atoms with van der Waals surface area (Å²) < 4.78 is 17.3. The van der Waals surface area contributed by atoms with Crippen LogP contribution in [0.5, 0.6) is 11.5 Å². The number of benzene rings is 1. The van der Waals surface area contributed by atoms with Gasteiger partial charge in [0.15, 0.2) is 0 Å². The van der Waals surface area contributed by atoms with Crippen molar-refractivity contribution in [3.8, 4) is 22.8 Å². The zero-order chi connectivity index (χ0) is 21.9. The van der Waals surface area contributed by atoms with Crippen molar-refractivity contribution in [2.24, 2.45) is 0 Å². The van der Waals surface area contributed by atoms with Gasteiger partial charge >= 0.3 is 0 Å². The summed E-state index contributed by atoms with van der Waals surface area (Å²) in [6.07, 6.45) is 13.4. The lowest BCUT2D eigenvalue weighted by atomic mass is 10.1. The Kier molecular flexibility index (Phi) is 9.95. The van der Waals surface area contributed by atoms with Gasteiger partial charge in [-0.15, -0.1) is 0 Å². The fourth-order valence-corrected chi connectivity index (χ4v) is 3.92. The monoisotopic (exact) mass is 445 g/mol. The van der Waals surface area contributed by atoms with E-state index in [4.69, 9.17) is 25.8 Å². The molecule has 4 nitrogen and oxygen atoms in total. The van der Waals surface area contributed by atoms with Gasteiger partial charge in [-0.3, -0.25) is 4.98 Å². The minimum atomic E-state index is 0.203. The molecule has 1 aromatic heterocycles. The smallest absolute Gasteiger partial charge is 0.139 e. The fourth-order valence-electron chi connectivity index (χ4n) is 3.66. The third-order valence-corrected chi connectivity index (χ3v) is 5.94. The second-order valence-corrected chi connectivity index (χ2v) is 8.72. The van der Waals surface area contributed by atoms with E-state index in [1.807, 2.05) is 30.3 Å². The first-order chi connectivity index (χ1) is 15.2. The molecule has 0 spiro atoms. The number of epoxide rings is 1. The highest BCUT2D eigenvalue weighted by Crippen LogP contribution is 2.31. The van der Waals surface area contributed by atoms with Crippen molar-refractivity contribution in [3.63, 3.8) is 0 Å². The number of hydrogen-bond acceptors (Lipinski definition) is 4. The van der Waals surface area contributed by atoms with Gasteiger partial charge in [0.05, 0.1) is 29.6 Å². The van der Waals surface area contributed by atoms with Crippen LogP contribution in [0.4, 0.5) is 0 Å². The summed E-state index contributed by atoms with van der Waals surface area (Å²) in [5.74, 6) is 1.56. The van der Waals surface area contributed by atoms with E-state index in [1.165, 1.54) is 44.9 Å². The van der Waals surface area contributed by atoms with Crippen molar-refractivity contribution in [2.45, 2.75) is 83.8 Å². The van der Waals surface area contributed by atoms with Gasteiger partial charge in [-0.1, -0.05) is 70.4 Å². The first-order valence-corrected chi connectivity index (χ1v) is 12.3. The molecule has 1 aliphatic heterocycles. The number of nitrogens with zero attached hydrogens (tertiary/aromatic N) is 1. The summed E-state index contributed by atoms with van der Waals surface area (Å²) in [7, 11) is 0. The van der Waals surface area contributed by atoms with Crippen LogP contribution in [0, 0.1) is 0 Å². The molecule has 0 N–H and O–H groups in total. The Hall–Kier alpha value is -1.78. The van der Waals surface area contributed by atoms with E-state index in [0.717, 1.165) is 36.5 Å². The van der Waals surface area contributed by atoms with Crippen molar-refractivity contribution >= 4 is 11.6 Å². The van der Waals surface area contributed by atoms with Gasteiger partial charge in [0.1, 0.15) is 24.2 Å². The number of aromatic nitrogens is 1. The van der Waals surface area contributed by atoms with Crippen LogP contribution in [0.25, 0.3) is 11.3 Å². The Labute approximate surface area is 192 Å². The Morgan fingerprint density at radius 2 is 1.61 bits per heavy atom. The van der Waals surface area contributed by atoms with Gasteiger partial charge in [0.25, 0.3) is 0 Å². The topological polar surface area (TPSA) is 43.9 Å². The summed E-state index contributed by atoms with van der Waals surface area (Å²) in [6.45, 7) is 5.75. The molecular formula is C26H36ClNO3. The van der Waals surface area contributed by atoms with Gasteiger partial charge in [-0.25, -0.2) is 0 Å². The van der Waals surface area contributed by atoms with E-state index < -0.39 is 0 Å². The van der Waals surface area contributed by atoms with Crippen LogP contribution in [0.15, 0.2) is 36.5 Å². The molecule has 3 rings (SSSR count). The molecule has 5 heteroatoms. The molecule has 2 atom stereocenters. The number of rotatable bonds is 15. The standard InChI is InChI=1S/C26H36ClNO3/c1-3-5-7-8-9-10-16-29-21-14-12-20(13-15-21)26-23(27)17-22(18-28-26)30-19-25-24(31-25)11-6-4-2/h12-15,17-18,24-25H,3-11,16,19H2,1-2H3/t24-,25-/m0/s1. The molecule has 0 bridgehead atoms. The average Bonchev–Trinajstić information content (AvgIpc) is 3.54. The maximum absolute atomic E-state index is 6.48. The Morgan fingerprint density at radius 3 is 2.35 bits per heavy atom. The number of unbranched alkanes of at least 4 members (excludes halogenated alkanes) is 6. The number of halogens is 1. The number of pyridine rings is 1. The lowest BCUT2D eigenvalue weighted by molar-refractivity contribution is 0.259. The molecule has 0 unspecified atom stereocenters. The zero-order valence-electron chi connectivity index (χ0n) is 18.9. The molecule has 0 amide bonds. The molecule has 1 aliphatic rings. The van der Waals surface area contributed by atoms with Crippen molar-refractivity contribution in [1.29, 1.82) is 0 Å². The van der Waals surface area contributed by atoms with Gasteiger partial charge in [-0.2, -0.15) is 0 Å². The first-order valence-electron chi connectivity index (χ1n) is 11.9. The normalized spacial score (nSPS) is 17.5. The predicted molar refractivity (Wildman–Crippen MR) is 127 cm³/mol. The molecular weight excluding hydrogens is 410 g/mol. The molecule has 1 aromatic carbocycles. The van der Waals surface area contributed by atoms with Gasteiger partial charge < -0.3 is 14.2 Å². The molecule has 1 saturated heterocycles. The molecule has 2 aromatic rings. The fraction of sp³-hybridized carbons (Fsp3) is 0.577. The highest BCUT2D eigenvalue weighted by atomic mass is 35.5. The van der Waals surface area contributed by atoms with Gasteiger partial charge in [0.2, 0.25) is 0 Å². The van der Waals surface area contributed by atoms with Crippen LogP contribution < -0.4 is 9.47 Å². The number of ether oxygens (including phenoxy) is 3. The van der Waals surface area contributed by atoms with Crippen LogP contribution in [-0.4, -0.2) is 30.4 Å². The Bertz CT molecular complexity index is 781. The molecule has 170 valence electrons. The molecule has 0 saturated carbocycles. The number of hydrogen-bond donors (Lipinski definition) is 0. The largest absolute Gasteiger partial charge is 0.494 e. The highest BCUT2D eigenvalue weighted by molar-refractivity contribution is 6.33. The van der Waals surface area contributed by atoms with Crippen LogP contribution in [0.2, 0.25) is 5.02 Å². The molecule has 31 heavy (non-hydrogen) atoms. The minimum Gasteiger partial charge on any atom is -0.494 e. The first kappa shape index (κ1) is 23.9. The van der Waals surface area contributed by atoms with Crippen molar-refractivity contribution in [1.82, 2.24) is 4.98 Å². The van der Waals surface area contributed by atoms with E-state index in [2.05, 4.69) is 18.8 Å². The van der Waals surface area contributed by atoms with Crippen molar-refractivity contribution in [3.05, 3.63) is 41.6 Å². The molecule has 1 fully saturated rings. The summed E-state index contributed by atoms with van der Waals surface area (Å²) in [5.41, 5.74) is 1.72. The van der Waals surface area contributed by atoms with E-state index in [1.54, 1.807) is 6.20 Å². The van der Waals surface area contributed by atoms with Gasteiger partial charge in [-0.05, 0) is 37.1 Å². The van der Waals surface area contributed by atoms with E-state index >= 15 is 0 Å². The Balaban J connectivity index is 1.42. The van der Waals surface area contributed by atoms with Crippen LogP contribution in [-0.2, 0) is 4.74 Å².